The first-order valence-corrected chi connectivity index (χ1v) is 6.47. The largest absolute Gasteiger partial charge is 0.421 e. The van der Waals surface area contributed by atoms with Crippen molar-refractivity contribution in [2.24, 2.45) is 0 Å². The van der Waals surface area contributed by atoms with Crippen LogP contribution in [0.4, 0.5) is 0 Å². The summed E-state index contributed by atoms with van der Waals surface area (Å²) < 4.78 is 6.86. The van der Waals surface area contributed by atoms with Crippen LogP contribution in [0.15, 0.2) is 10.9 Å². The molecule has 18 heavy (non-hydrogen) atoms. The summed E-state index contributed by atoms with van der Waals surface area (Å²) in [7, 11) is 0. The lowest BCUT2D eigenvalue weighted by Gasteiger charge is -2.33. The number of aryl methyl sites for hydroxylation is 1. The Labute approximate surface area is 106 Å². The molecule has 0 amide bonds. The van der Waals surface area contributed by atoms with Gasteiger partial charge in [-0.25, -0.2) is 0 Å². The van der Waals surface area contributed by atoms with Crippen LogP contribution in [0.3, 0.4) is 0 Å². The fourth-order valence-electron chi connectivity index (χ4n) is 3.44. The van der Waals surface area contributed by atoms with E-state index < -0.39 is 5.97 Å². The number of esters is 1. The average molecular weight is 247 g/mol. The molecule has 1 atom stereocenters. The van der Waals surface area contributed by atoms with Crippen molar-refractivity contribution in [3.05, 3.63) is 27.7 Å². The van der Waals surface area contributed by atoms with Gasteiger partial charge in [-0.15, -0.1) is 0 Å². The van der Waals surface area contributed by atoms with Crippen LogP contribution in [-0.4, -0.2) is 10.5 Å². The molecule has 0 fully saturated rings. The number of nitrogens with zero attached hydrogens (tertiary/aromatic N) is 1. The van der Waals surface area contributed by atoms with Crippen LogP contribution < -0.4 is 10.3 Å². The minimum Gasteiger partial charge on any atom is -0.421 e. The number of hydrogen-bond acceptors (Lipinski definition) is 3. The van der Waals surface area contributed by atoms with E-state index in [-0.39, 0.29) is 16.7 Å². The number of pyridine rings is 1. The lowest BCUT2D eigenvalue weighted by atomic mass is 9.80. The number of carbonyl (C=O) groups is 1. The first-order valence-electron chi connectivity index (χ1n) is 6.47. The van der Waals surface area contributed by atoms with Gasteiger partial charge < -0.3 is 9.30 Å². The zero-order chi connectivity index (χ0) is 12.9. The predicted octanol–water partition coefficient (Wildman–Crippen LogP) is 1.77. The topological polar surface area (TPSA) is 48.3 Å². The highest BCUT2D eigenvalue weighted by atomic mass is 16.5. The first kappa shape index (κ1) is 11.5. The number of rotatable bonds is 1. The van der Waals surface area contributed by atoms with Gasteiger partial charge in [0.2, 0.25) is 0 Å². The summed E-state index contributed by atoms with van der Waals surface area (Å²) in [4.78, 5) is 23.3. The molecule has 1 aromatic heterocycles. The number of hydrogen-bond donors (Lipinski definition) is 0. The van der Waals surface area contributed by atoms with Crippen LogP contribution in [0.2, 0.25) is 0 Å². The van der Waals surface area contributed by atoms with Crippen LogP contribution in [0.25, 0.3) is 0 Å². The van der Waals surface area contributed by atoms with Gasteiger partial charge in [0.1, 0.15) is 0 Å². The highest BCUT2D eigenvalue weighted by molar-refractivity contribution is 5.69. The zero-order valence-corrected chi connectivity index (χ0v) is 10.8. The smallest absolute Gasteiger partial charge is 0.308 e. The van der Waals surface area contributed by atoms with Gasteiger partial charge in [0.05, 0.1) is 0 Å². The predicted molar refractivity (Wildman–Crippen MR) is 66.9 cm³/mol. The van der Waals surface area contributed by atoms with Gasteiger partial charge in [0.15, 0.2) is 5.75 Å². The second kappa shape index (κ2) is 3.70. The molecule has 0 spiro atoms. The number of aromatic nitrogens is 1. The van der Waals surface area contributed by atoms with Gasteiger partial charge in [-0.1, -0.05) is 6.92 Å². The maximum absolute atomic E-state index is 12.3. The molecule has 3 rings (SSSR count). The summed E-state index contributed by atoms with van der Waals surface area (Å²) >= 11 is 0. The Bertz CT molecular complexity index is 587. The van der Waals surface area contributed by atoms with E-state index in [1.807, 2.05) is 4.57 Å². The highest BCUT2D eigenvalue weighted by Crippen LogP contribution is 2.44. The van der Waals surface area contributed by atoms with Crippen LogP contribution in [0.5, 0.6) is 5.75 Å². The molecule has 1 unspecified atom stereocenters. The summed E-state index contributed by atoms with van der Waals surface area (Å²) in [6, 6.07) is 1.77. The molecular formula is C14H17NO3. The molecule has 1 aliphatic carbocycles. The van der Waals surface area contributed by atoms with Gasteiger partial charge >= 0.3 is 5.97 Å². The molecule has 0 bridgehead atoms. The molecule has 4 heteroatoms. The summed E-state index contributed by atoms with van der Waals surface area (Å²) in [6.45, 7) is 4.30. The van der Waals surface area contributed by atoms with Crippen LogP contribution in [0, 0.1) is 0 Å². The molecule has 1 aliphatic heterocycles. The van der Waals surface area contributed by atoms with Crippen molar-refractivity contribution in [1.82, 2.24) is 4.57 Å². The van der Waals surface area contributed by atoms with Gasteiger partial charge in [-0.3, -0.25) is 9.59 Å². The minimum absolute atomic E-state index is 0.140. The first-order chi connectivity index (χ1) is 8.51. The lowest BCUT2D eigenvalue weighted by molar-refractivity contribution is -0.132. The summed E-state index contributed by atoms with van der Waals surface area (Å²) in [5.41, 5.74) is 2.33. The molecule has 2 heterocycles. The second-order valence-corrected chi connectivity index (χ2v) is 5.60. The number of ether oxygens (including phenoxy) is 1. The fourth-order valence-corrected chi connectivity index (χ4v) is 3.44. The van der Waals surface area contributed by atoms with Crippen LogP contribution in [-0.2, 0) is 23.2 Å². The fraction of sp³-hybridized carbons (Fsp3) is 0.571. The molecule has 0 saturated heterocycles. The van der Waals surface area contributed by atoms with Gasteiger partial charge in [-0.2, -0.15) is 0 Å². The summed E-state index contributed by atoms with van der Waals surface area (Å²) in [5, 5.41) is 0. The number of carbonyl (C=O) groups excluding carboxylic acids is 1. The molecule has 0 N–H and O–H groups in total. The third-order valence-corrected chi connectivity index (χ3v) is 4.22. The molecule has 4 nitrogen and oxygen atoms in total. The zero-order valence-electron chi connectivity index (χ0n) is 10.8. The van der Waals surface area contributed by atoms with E-state index in [0.717, 1.165) is 32.2 Å². The Hall–Kier alpha value is -1.58. The Balaban J connectivity index is 2.21. The van der Waals surface area contributed by atoms with Crippen LogP contribution in [0.1, 0.15) is 44.4 Å². The van der Waals surface area contributed by atoms with Crippen molar-refractivity contribution in [1.29, 1.82) is 0 Å². The van der Waals surface area contributed by atoms with Gasteiger partial charge in [0.25, 0.3) is 5.56 Å². The van der Waals surface area contributed by atoms with Crippen molar-refractivity contribution >= 4 is 5.97 Å². The van der Waals surface area contributed by atoms with E-state index >= 15 is 0 Å². The molecule has 96 valence electrons. The third kappa shape index (κ3) is 1.51. The van der Waals surface area contributed by atoms with E-state index in [1.54, 1.807) is 6.07 Å². The van der Waals surface area contributed by atoms with Gasteiger partial charge in [0, 0.05) is 24.6 Å². The quantitative estimate of drug-likeness (QED) is 0.711. The van der Waals surface area contributed by atoms with Crippen LogP contribution >= 0.6 is 0 Å². The SMILES string of the molecule is CC(=O)Oc1cc2c3n(c1=O)CCCC3(C)CC2. The van der Waals surface area contributed by atoms with Crippen molar-refractivity contribution in [2.75, 3.05) is 0 Å². The van der Waals surface area contributed by atoms with Gasteiger partial charge in [-0.05, 0) is 37.3 Å². The Morgan fingerprint density at radius 1 is 1.44 bits per heavy atom. The Morgan fingerprint density at radius 2 is 2.22 bits per heavy atom. The Morgan fingerprint density at radius 3 is 2.94 bits per heavy atom. The standard InChI is InChI=1S/C14H17NO3/c1-9(16)18-11-8-10-4-6-14(2)5-3-7-15(12(10)14)13(11)17/h8H,3-7H2,1-2H3. The Kier molecular flexibility index (Phi) is 2.37. The highest BCUT2D eigenvalue weighted by Gasteiger charge is 2.40. The molecular weight excluding hydrogens is 230 g/mol. The average Bonchev–Trinajstić information content (AvgIpc) is 2.63. The van der Waals surface area contributed by atoms with Crippen molar-refractivity contribution in [3.63, 3.8) is 0 Å². The monoisotopic (exact) mass is 247 g/mol. The van der Waals surface area contributed by atoms with E-state index in [0.29, 0.717) is 0 Å². The van der Waals surface area contributed by atoms with E-state index in [4.69, 9.17) is 4.74 Å². The minimum atomic E-state index is -0.434. The maximum atomic E-state index is 12.3. The second-order valence-electron chi connectivity index (χ2n) is 5.60. The summed E-state index contributed by atoms with van der Waals surface area (Å²) in [6.07, 6.45) is 4.23. The molecule has 0 aromatic carbocycles. The van der Waals surface area contributed by atoms with Crippen molar-refractivity contribution < 1.29 is 9.53 Å². The lowest BCUT2D eigenvalue weighted by Crippen LogP contribution is -2.36. The summed E-state index contributed by atoms with van der Waals surface area (Å²) in [5.74, 6) is -0.246. The normalized spacial score (nSPS) is 24.8. The van der Waals surface area contributed by atoms with Crippen molar-refractivity contribution in [2.45, 2.75) is 51.5 Å². The van der Waals surface area contributed by atoms with Crippen molar-refractivity contribution in [3.8, 4) is 5.75 Å². The van der Waals surface area contributed by atoms with E-state index in [9.17, 15) is 9.59 Å². The molecule has 1 aromatic rings. The van der Waals surface area contributed by atoms with E-state index in [2.05, 4.69) is 6.92 Å². The molecule has 0 saturated carbocycles. The molecule has 0 radical (unpaired) electrons. The molecule has 2 aliphatic rings. The van der Waals surface area contributed by atoms with E-state index in [1.165, 1.54) is 18.2 Å². The third-order valence-electron chi connectivity index (χ3n) is 4.22. The maximum Gasteiger partial charge on any atom is 0.308 e.